The van der Waals surface area contributed by atoms with Gasteiger partial charge in [0, 0.05) is 6.54 Å². The maximum absolute atomic E-state index is 9.97. The first kappa shape index (κ1) is 12.6. The number of nitrogens with zero attached hydrogens (tertiary/aromatic N) is 2. The standard InChI is InChI=1S/C13H18N2O/c1-3-15(4-2)10-13-7-5-12(6-8-13)9-14-11-16/h5-8H,3-4,9-10H2,1-2H3. The molecule has 1 aromatic rings. The summed E-state index contributed by atoms with van der Waals surface area (Å²) in [4.78, 5) is 15.9. The highest BCUT2D eigenvalue weighted by Gasteiger charge is 2.00. The molecule has 0 saturated heterocycles. The number of carbonyl (C=O) groups excluding carboxylic acids is 1. The highest BCUT2D eigenvalue weighted by atomic mass is 16.1. The van der Waals surface area contributed by atoms with E-state index in [9.17, 15) is 4.79 Å². The first-order chi connectivity index (χ1) is 7.80. The summed E-state index contributed by atoms with van der Waals surface area (Å²) in [7, 11) is 0. The second-order valence-electron chi connectivity index (χ2n) is 3.69. The van der Waals surface area contributed by atoms with Crippen molar-refractivity contribution >= 4 is 6.08 Å². The minimum atomic E-state index is 0.426. The molecule has 1 aromatic carbocycles. The molecule has 1 rings (SSSR count). The lowest BCUT2D eigenvalue weighted by atomic mass is 10.1. The molecule has 0 saturated carbocycles. The van der Waals surface area contributed by atoms with Gasteiger partial charge in [-0.25, -0.2) is 9.79 Å². The average Bonchev–Trinajstić information content (AvgIpc) is 2.35. The first-order valence-corrected chi connectivity index (χ1v) is 5.64. The van der Waals surface area contributed by atoms with E-state index in [0.29, 0.717) is 6.54 Å². The van der Waals surface area contributed by atoms with Crippen LogP contribution < -0.4 is 0 Å². The highest BCUT2D eigenvalue weighted by Crippen LogP contribution is 2.08. The fourth-order valence-electron chi connectivity index (χ4n) is 1.58. The van der Waals surface area contributed by atoms with Crippen LogP contribution in [0.1, 0.15) is 25.0 Å². The van der Waals surface area contributed by atoms with Crippen LogP contribution in [-0.4, -0.2) is 24.1 Å². The van der Waals surface area contributed by atoms with Crippen molar-refractivity contribution in [2.75, 3.05) is 13.1 Å². The number of hydrogen-bond acceptors (Lipinski definition) is 3. The van der Waals surface area contributed by atoms with Gasteiger partial charge in [0.05, 0.1) is 6.54 Å². The van der Waals surface area contributed by atoms with E-state index in [1.165, 1.54) is 5.56 Å². The summed E-state index contributed by atoms with van der Waals surface area (Å²) in [6.07, 6.45) is 1.55. The highest BCUT2D eigenvalue weighted by molar-refractivity contribution is 5.34. The normalized spacial score (nSPS) is 10.2. The van der Waals surface area contributed by atoms with E-state index in [2.05, 4.69) is 35.9 Å². The average molecular weight is 218 g/mol. The van der Waals surface area contributed by atoms with Crippen LogP contribution in [0.15, 0.2) is 29.3 Å². The summed E-state index contributed by atoms with van der Waals surface area (Å²) in [5.74, 6) is 0. The SMILES string of the molecule is CCN(CC)Cc1ccc(CN=C=O)cc1. The molecular weight excluding hydrogens is 200 g/mol. The second kappa shape index (κ2) is 6.94. The summed E-state index contributed by atoms with van der Waals surface area (Å²) >= 11 is 0. The molecule has 0 bridgehead atoms. The lowest BCUT2D eigenvalue weighted by Gasteiger charge is -2.17. The van der Waals surface area contributed by atoms with Gasteiger partial charge in [-0.1, -0.05) is 38.1 Å². The third-order valence-electron chi connectivity index (χ3n) is 2.65. The minimum Gasteiger partial charge on any atom is -0.300 e. The quantitative estimate of drug-likeness (QED) is 0.542. The van der Waals surface area contributed by atoms with Gasteiger partial charge >= 0.3 is 0 Å². The van der Waals surface area contributed by atoms with Crippen molar-refractivity contribution in [3.05, 3.63) is 35.4 Å². The second-order valence-corrected chi connectivity index (χ2v) is 3.69. The zero-order valence-electron chi connectivity index (χ0n) is 9.94. The Bertz CT molecular complexity index is 349. The van der Waals surface area contributed by atoms with Crippen LogP contribution in [0.25, 0.3) is 0 Å². The van der Waals surface area contributed by atoms with Crippen LogP contribution >= 0.6 is 0 Å². The Balaban J connectivity index is 2.60. The molecule has 0 spiro atoms. The minimum absolute atomic E-state index is 0.426. The largest absolute Gasteiger partial charge is 0.300 e. The van der Waals surface area contributed by atoms with Gasteiger partial charge in [0.2, 0.25) is 6.08 Å². The molecule has 0 fully saturated rings. The number of hydrogen-bond donors (Lipinski definition) is 0. The van der Waals surface area contributed by atoms with Crippen molar-refractivity contribution in [2.45, 2.75) is 26.9 Å². The molecule has 0 aliphatic rings. The van der Waals surface area contributed by atoms with E-state index in [1.807, 2.05) is 12.1 Å². The summed E-state index contributed by atoms with van der Waals surface area (Å²) in [6, 6.07) is 8.21. The fourth-order valence-corrected chi connectivity index (χ4v) is 1.58. The molecule has 0 radical (unpaired) electrons. The predicted octanol–water partition coefficient (Wildman–Crippen LogP) is 2.36. The van der Waals surface area contributed by atoms with Crippen LogP contribution in [0.4, 0.5) is 0 Å². The van der Waals surface area contributed by atoms with E-state index in [1.54, 1.807) is 6.08 Å². The summed E-state index contributed by atoms with van der Waals surface area (Å²) < 4.78 is 0. The van der Waals surface area contributed by atoms with Gasteiger partial charge in [-0.3, -0.25) is 4.90 Å². The number of rotatable bonds is 6. The van der Waals surface area contributed by atoms with Gasteiger partial charge in [-0.05, 0) is 24.2 Å². The summed E-state index contributed by atoms with van der Waals surface area (Å²) in [6.45, 7) is 7.86. The van der Waals surface area contributed by atoms with Crippen LogP contribution in [-0.2, 0) is 17.9 Å². The van der Waals surface area contributed by atoms with Crippen LogP contribution in [0.2, 0.25) is 0 Å². The smallest absolute Gasteiger partial charge is 0.235 e. The van der Waals surface area contributed by atoms with Crippen LogP contribution in [0, 0.1) is 0 Å². The Morgan fingerprint density at radius 3 is 2.19 bits per heavy atom. The topological polar surface area (TPSA) is 32.7 Å². The Labute approximate surface area is 96.8 Å². The van der Waals surface area contributed by atoms with E-state index in [4.69, 9.17) is 0 Å². The summed E-state index contributed by atoms with van der Waals surface area (Å²) in [5, 5.41) is 0. The molecule has 0 amide bonds. The van der Waals surface area contributed by atoms with Gasteiger partial charge in [0.1, 0.15) is 0 Å². The zero-order chi connectivity index (χ0) is 11.8. The molecule has 3 nitrogen and oxygen atoms in total. The van der Waals surface area contributed by atoms with Gasteiger partial charge in [0.25, 0.3) is 0 Å². The zero-order valence-corrected chi connectivity index (χ0v) is 9.94. The molecule has 0 unspecified atom stereocenters. The molecule has 86 valence electrons. The van der Waals surface area contributed by atoms with Gasteiger partial charge in [-0.15, -0.1) is 0 Å². The van der Waals surface area contributed by atoms with Crippen molar-refractivity contribution in [3.63, 3.8) is 0 Å². The molecule has 0 atom stereocenters. The number of aliphatic imine (C=N–C) groups is 1. The van der Waals surface area contributed by atoms with E-state index >= 15 is 0 Å². The van der Waals surface area contributed by atoms with Crippen molar-refractivity contribution in [2.24, 2.45) is 4.99 Å². The number of benzene rings is 1. The van der Waals surface area contributed by atoms with Crippen LogP contribution in [0.3, 0.4) is 0 Å². The van der Waals surface area contributed by atoms with Crippen molar-refractivity contribution in [1.29, 1.82) is 0 Å². The Hall–Kier alpha value is -1.44. The van der Waals surface area contributed by atoms with Crippen molar-refractivity contribution < 1.29 is 4.79 Å². The predicted molar refractivity (Wildman–Crippen MR) is 64.9 cm³/mol. The lowest BCUT2D eigenvalue weighted by Crippen LogP contribution is -2.21. The Morgan fingerprint density at radius 2 is 1.69 bits per heavy atom. The van der Waals surface area contributed by atoms with E-state index < -0.39 is 0 Å². The molecule has 0 aliphatic carbocycles. The summed E-state index contributed by atoms with van der Waals surface area (Å²) in [5.41, 5.74) is 2.34. The number of isocyanates is 1. The third kappa shape index (κ3) is 3.97. The first-order valence-electron chi connectivity index (χ1n) is 5.64. The van der Waals surface area contributed by atoms with Gasteiger partial charge in [0.15, 0.2) is 0 Å². The molecule has 0 N–H and O–H groups in total. The van der Waals surface area contributed by atoms with Crippen molar-refractivity contribution in [1.82, 2.24) is 4.90 Å². The maximum atomic E-state index is 9.97. The lowest BCUT2D eigenvalue weighted by molar-refractivity contribution is 0.296. The van der Waals surface area contributed by atoms with Gasteiger partial charge in [-0.2, -0.15) is 0 Å². The molecule has 16 heavy (non-hydrogen) atoms. The Morgan fingerprint density at radius 1 is 1.12 bits per heavy atom. The van der Waals surface area contributed by atoms with Crippen LogP contribution in [0.5, 0.6) is 0 Å². The molecule has 3 heteroatoms. The van der Waals surface area contributed by atoms with Crippen molar-refractivity contribution in [3.8, 4) is 0 Å². The molecular formula is C13H18N2O. The third-order valence-corrected chi connectivity index (χ3v) is 2.65. The molecule has 0 aromatic heterocycles. The monoisotopic (exact) mass is 218 g/mol. The van der Waals surface area contributed by atoms with Gasteiger partial charge < -0.3 is 0 Å². The fraction of sp³-hybridized carbons (Fsp3) is 0.462. The molecule has 0 aliphatic heterocycles. The van der Waals surface area contributed by atoms with E-state index in [0.717, 1.165) is 25.2 Å². The van der Waals surface area contributed by atoms with E-state index in [-0.39, 0.29) is 0 Å². The maximum Gasteiger partial charge on any atom is 0.235 e. The molecule has 0 heterocycles. The Kier molecular flexibility index (Phi) is 5.48.